The summed E-state index contributed by atoms with van der Waals surface area (Å²) in [6.45, 7) is 12.7. The summed E-state index contributed by atoms with van der Waals surface area (Å²) in [6, 6.07) is 0.868. The standard InChI is InChI=1S/C15H33N3O2S/c1-5-17(6-2)15-9-11-18(13-15)21(19,20)12-8-7-10-16-14(3)4/h14-16H,5-13H2,1-4H3. The number of hydrogen-bond donors (Lipinski definition) is 1. The summed E-state index contributed by atoms with van der Waals surface area (Å²) in [4.78, 5) is 2.36. The maximum absolute atomic E-state index is 12.4. The smallest absolute Gasteiger partial charge is 0.214 e. The highest BCUT2D eigenvalue weighted by molar-refractivity contribution is 7.89. The molecule has 21 heavy (non-hydrogen) atoms. The lowest BCUT2D eigenvalue weighted by atomic mass is 10.2. The van der Waals surface area contributed by atoms with Crippen molar-refractivity contribution in [3.05, 3.63) is 0 Å². The van der Waals surface area contributed by atoms with Crippen molar-refractivity contribution in [1.29, 1.82) is 0 Å². The zero-order chi connectivity index (χ0) is 15.9. The van der Waals surface area contributed by atoms with E-state index >= 15 is 0 Å². The molecule has 1 aliphatic rings. The van der Waals surface area contributed by atoms with Crippen molar-refractivity contribution in [2.45, 2.75) is 59.0 Å². The Morgan fingerprint density at radius 2 is 1.90 bits per heavy atom. The van der Waals surface area contributed by atoms with E-state index in [0.717, 1.165) is 38.9 Å². The van der Waals surface area contributed by atoms with Gasteiger partial charge >= 0.3 is 0 Å². The maximum Gasteiger partial charge on any atom is 0.214 e. The zero-order valence-electron chi connectivity index (χ0n) is 14.1. The minimum atomic E-state index is -3.06. The van der Waals surface area contributed by atoms with Crippen LogP contribution in [0.4, 0.5) is 0 Å². The molecule has 0 bridgehead atoms. The third kappa shape index (κ3) is 6.22. The van der Waals surface area contributed by atoms with Gasteiger partial charge in [-0.2, -0.15) is 0 Å². The maximum atomic E-state index is 12.4. The predicted octanol–water partition coefficient (Wildman–Crippen LogP) is 1.51. The van der Waals surface area contributed by atoms with Gasteiger partial charge < -0.3 is 5.32 Å². The Balaban J connectivity index is 2.35. The fraction of sp³-hybridized carbons (Fsp3) is 1.00. The first-order chi connectivity index (χ1) is 9.90. The molecule has 1 saturated heterocycles. The molecule has 1 rings (SSSR count). The van der Waals surface area contributed by atoms with Crippen molar-refractivity contribution in [1.82, 2.24) is 14.5 Å². The minimum absolute atomic E-state index is 0.289. The molecule has 0 aromatic heterocycles. The number of hydrogen-bond acceptors (Lipinski definition) is 4. The highest BCUT2D eigenvalue weighted by Crippen LogP contribution is 2.19. The lowest BCUT2D eigenvalue weighted by molar-refractivity contribution is 0.224. The van der Waals surface area contributed by atoms with Gasteiger partial charge in [0, 0.05) is 25.2 Å². The molecule has 1 N–H and O–H groups in total. The summed E-state index contributed by atoms with van der Waals surface area (Å²) in [5.74, 6) is 0.289. The number of nitrogens with zero attached hydrogens (tertiary/aromatic N) is 2. The SMILES string of the molecule is CCN(CC)C1CCN(S(=O)(=O)CCCCNC(C)C)C1. The van der Waals surface area contributed by atoms with E-state index in [0.29, 0.717) is 25.2 Å². The Hall–Kier alpha value is -0.170. The van der Waals surface area contributed by atoms with E-state index in [2.05, 4.69) is 37.9 Å². The van der Waals surface area contributed by atoms with Crippen molar-refractivity contribution >= 4 is 10.0 Å². The van der Waals surface area contributed by atoms with Crippen molar-refractivity contribution in [3.8, 4) is 0 Å². The third-order valence-electron chi connectivity index (χ3n) is 4.23. The van der Waals surface area contributed by atoms with Crippen LogP contribution < -0.4 is 5.32 Å². The lowest BCUT2D eigenvalue weighted by Crippen LogP contribution is -2.39. The van der Waals surface area contributed by atoms with Gasteiger partial charge in [0.1, 0.15) is 0 Å². The van der Waals surface area contributed by atoms with Gasteiger partial charge in [-0.25, -0.2) is 12.7 Å². The summed E-state index contributed by atoms with van der Waals surface area (Å²) in [6.07, 6.45) is 2.63. The van der Waals surface area contributed by atoms with E-state index in [4.69, 9.17) is 0 Å². The average molecular weight is 320 g/mol. The Labute approximate surface area is 131 Å². The molecule has 0 aliphatic carbocycles. The topological polar surface area (TPSA) is 52.7 Å². The van der Waals surface area contributed by atoms with Crippen LogP contribution in [-0.4, -0.2) is 68.2 Å². The summed E-state index contributed by atoms with van der Waals surface area (Å²) < 4.78 is 26.4. The number of likely N-dealkylation sites (N-methyl/N-ethyl adjacent to an activating group) is 1. The second kappa shape index (κ2) is 9.08. The third-order valence-corrected chi connectivity index (χ3v) is 6.15. The van der Waals surface area contributed by atoms with E-state index in [9.17, 15) is 8.42 Å². The molecule has 1 unspecified atom stereocenters. The Morgan fingerprint density at radius 3 is 2.48 bits per heavy atom. The van der Waals surface area contributed by atoms with Gasteiger partial charge in [-0.15, -0.1) is 0 Å². The molecule has 1 fully saturated rings. The molecule has 0 aromatic carbocycles. The first-order valence-electron chi connectivity index (χ1n) is 8.36. The normalized spacial score (nSPS) is 20.8. The van der Waals surface area contributed by atoms with Crippen LogP contribution in [-0.2, 0) is 10.0 Å². The van der Waals surface area contributed by atoms with Gasteiger partial charge in [-0.3, -0.25) is 4.90 Å². The molecule has 5 nitrogen and oxygen atoms in total. The van der Waals surface area contributed by atoms with Crippen LogP contribution in [0.3, 0.4) is 0 Å². The Kier molecular flexibility index (Phi) is 8.16. The molecule has 0 amide bonds. The number of sulfonamides is 1. The average Bonchev–Trinajstić information content (AvgIpc) is 2.90. The molecule has 6 heteroatoms. The molecule has 1 atom stereocenters. The molecule has 126 valence electrons. The summed E-state index contributed by atoms with van der Waals surface area (Å²) in [7, 11) is -3.06. The van der Waals surface area contributed by atoms with Gasteiger partial charge in [0.05, 0.1) is 5.75 Å². The molecular weight excluding hydrogens is 286 g/mol. The predicted molar refractivity (Wildman–Crippen MR) is 89.1 cm³/mol. The fourth-order valence-electron chi connectivity index (χ4n) is 2.93. The van der Waals surface area contributed by atoms with Crippen molar-refractivity contribution in [2.75, 3.05) is 38.5 Å². The molecule has 0 spiro atoms. The molecule has 0 saturated carbocycles. The van der Waals surface area contributed by atoms with Gasteiger partial charge in [-0.05, 0) is 38.9 Å². The molecule has 0 radical (unpaired) electrons. The van der Waals surface area contributed by atoms with Gasteiger partial charge in [0.15, 0.2) is 0 Å². The minimum Gasteiger partial charge on any atom is -0.315 e. The van der Waals surface area contributed by atoms with Crippen molar-refractivity contribution in [3.63, 3.8) is 0 Å². The second-order valence-electron chi connectivity index (χ2n) is 6.15. The van der Waals surface area contributed by atoms with Crippen molar-refractivity contribution < 1.29 is 8.42 Å². The van der Waals surface area contributed by atoms with E-state index < -0.39 is 10.0 Å². The van der Waals surface area contributed by atoms with Crippen LogP contribution in [0.15, 0.2) is 0 Å². The monoisotopic (exact) mass is 319 g/mol. The van der Waals surface area contributed by atoms with Crippen LogP contribution in [0.1, 0.15) is 47.0 Å². The fourth-order valence-corrected chi connectivity index (χ4v) is 4.54. The highest BCUT2D eigenvalue weighted by atomic mass is 32.2. The van der Waals surface area contributed by atoms with E-state index in [1.807, 2.05) is 0 Å². The van der Waals surface area contributed by atoms with E-state index in [1.54, 1.807) is 4.31 Å². The van der Waals surface area contributed by atoms with Crippen LogP contribution in [0.5, 0.6) is 0 Å². The van der Waals surface area contributed by atoms with Gasteiger partial charge in [-0.1, -0.05) is 27.7 Å². The number of unbranched alkanes of at least 4 members (excludes halogenated alkanes) is 1. The summed E-state index contributed by atoms with van der Waals surface area (Å²) in [5.41, 5.74) is 0. The van der Waals surface area contributed by atoms with Crippen molar-refractivity contribution in [2.24, 2.45) is 0 Å². The van der Waals surface area contributed by atoms with E-state index in [-0.39, 0.29) is 5.75 Å². The first kappa shape index (κ1) is 18.9. The van der Waals surface area contributed by atoms with E-state index in [1.165, 1.54) is 0 Å². The zero-order valence-corrected chi connectivity index (χ0v) is 15.0. The summed E-state index contributed by atoms with van der Waals surface area (Å²) >= 11 is 0. The summed E-state index contributed by atoms with van der Waals surface area (Å²) in [5, 5.41) is 3.32. The Morgan fingerprint density at radius 1 is 1.24 bits per heavy atom. The van der Waals surface area contributed by atoms with Gasteiger partial charge in [0.25, 0.3) is 0 Å². The first-order valence-corrected chi connectivity index (χ1v) is 9.96. The highest BCUT2D eigenvalue weighted by Gasteiger charge is 2.32. The largest absolute Gasteiger partial charge is 0.315 e. The lowest BCUT2D eigenvalue weighted by Gasteiger charge is -2.26. The quantitative estimate of drug-likeness (QED) is 0.620. The number of nitrogens with one attached hydrogen (secondary N) is 1. The number of rotatable bonds is 10. The molecule has 1 heterocycles. The second-order valence-corrected chi connectivity index (χ2v) is 8.24. The van der Waals surface area contributed by atoms with Gasteiger partial charge in [0.2, 0.25) is 10.0 Å². The van der Waals surface area contributed by atoms with Crippen LogP contribution in [0.2, 0.25) is 0 Å². The Bertz CT molecular complexity index is 380. The molecule has 0 aromatic rings. The van der Waals surface area contributed by atoms with Crippen LogP contribution >= 0.6 is 0 Å². The molecular formula is C15H33N3O2S. The molecule has 1 aliphatic heterocycles. The van der Waals surface area contributed by atoms with Crippen LogP contribution in [0.25, 0.3) is 0 Å². The van der Waals surface area contributed by atoms with Crippen LogP contribution in [0, 0.1) is 0 Å².